The first-order valence-corrected chi connectivity index (χ1v) is 7.19. The molecule has 2 aliphatic carbocycles. The molecule has 112 valence electrons. The highest BCUT2D eigenvalue weighted by Crippen LogP contribution is 2.30. The van der Waals surface area contributed by atoms with Crippen molar-refractivity contribution in [2.75, 3.05) is 0 Å². The SMILES string of the molecule is C=C(C)C(=O)OC1CC(=O)C2C=c3ccccc3=CC2C1=O. The maximum Gasteiger partial charge on any atom is 0.333 e. The van der Waals surface area contributed by atoms with Gasteiger partial charge in [0, 0.05) is 5.57 Å². The number of esters is 1. The van der Waals surface area contributed by atoms with E-state index in [2.05, 4.69) is 6.58 Å². The molecule has 0 aliphatic heterocycles. The van der Waals surface area contributed by atoms with Crippen LogP contribution in [0.2, 0.25) is 0 Å². The largest absolute Gasteiger partial charge is 0.451 e. The lowest BCUT2D eigenvalue weighted by atomic mass is 9.73. The zero-order valence-electron chi connectivity index (χ0n) is 12.2. The highest BCUT2D eigenvalue weighted by atomic mass is 16.5. The van der Waals surface area contributed by atoms with E-state index in [0.29, 0.717) is 0 Å². The molecule has 0 N–H and O–H groups in total. The summed E-state index contributed by atoms with van der Waals surface area (Å²) in [7, 11) is 0. The molecule has 0 saturated heterocycles. The van der Waals surface area contributed by atoms with Crippen molar-refractivity contribution in [3.63, 3.8) is 0 Å². The van der Waals surface area contributed by atoms with Crippen molar-refractivity contribution < 1.29 is 19.1 Å². The van der Waals surface area contributed by atoms with Gasteiger partial charge in [-0.25, -0.2) is 4.79 Å². The number of fused-ring (bicyclic) bond motifs is 2. The van der Waals surface area contributed by atoms with Crippen LogP contribution in [0.4, 0.5) is 0 Å². The molecule has 0 amide bonds. The highest BCUT2D eigenvalue weighted by molar-refractivity contribution is 6.06. The Morgan fingerprint density at radius 1 is 1.14 bits per heavy atom. The quantitative estimate of drug-likeness (QED) is 0.590. The van der Waals surface area contributed by atoms with E-state index >= 15 is 0 Å². The second kappa shape index (κ2) is 5.37. The summed E-state index contributed by atoms with van der Waals surface area (Å²) in [4.78, 5) is 36.5. The van der Waals surface area contributed by atoms with Crippen molar-refractivity contribution in [1.82, 2.24) is 0 Å². The fourth-order valence-corrected chi connectivity index (χ4v) is 2.92. The van der Waals surface area contributed by atoms with Gasteiger partial charge in [0.15, 0.2) is 11.9 Å². The zero-order chi connectivity index (χ0) is 15.9. The van der Waals surface area contributed by atoms with Gasteiger partial charge in [-0.3, -0.25) is 9.59 Å². The lowest BCUT2D eigenvalue weighted by molar-refractivity contribution is -0.157. The van der Waals surface area contributed by atoms with Crippen LogP contribution in [0.1, 0.15) is 13.3 Å². The molecule has 1 fully saturated rings. The minimum atomic E-state index is -1.01. The molecular weight excluding hydrogens is 280 g/mol. The minimum Gasteiger partial charge on any atom is -0.451 e. The Hall–Kier alpha value is -2.49. The summed E-state index contributed by atoms with van der Waals surface area (Å²) in [5, 5.41) is 1.89. The third-order valence-corrected chi connectivity index (χ3v) is 4.10. The van der Waals surface area contributed by atoms with Crippen molar-refractivity contribution in [3.05, 3.63) is 46.9 Å². The Bertz CT molecular complexity index is 803. The molecule has 0 aromatic heterocycles. The van der Waals surface area contributed by atoms with E-state index in [1.165, 1.54) is 6.92 Å². The van der Waals surface area contributed by atoms with Gasteiger partial charge in [0.05, 0.1) is 18.3 Å². The zero-order valence-corrected chi connectivity index (χ0v) is 12.2. The molecule has 1 aromatic rings. The Labute approximate surface area is 127 Å². The summed E-state index contributed by atoms with van der Waals surface area (Å²) in [5.41, 5.74) is 0.215. The van der Waals surface area contributed by atoms with Crippen LogP contribution < -0.4 is 10.4 Å². The van der Waals surface area contributed by atoms with Gasteiger partial charge in [0.25, 0.3) is 0 Å². The number of benzene rings is 1. The van der Waals surface area contributed by atoms with Gasteiger partial charge < -0.3 is 4.74 Å². The van der Waals surface area contributed by atoms with Gasteiger partial charge in [0.2, 0.25) is 0 Å². The van der Waals surface area contributed by atoms with E-state index in [1.54, 1.807) is 6.08 Å². The number of Topliss-reactive ketones (excluding diaryl/α,β-unsaturated/α-hetero) is 2. The van der Waals surface area contributed by atoms with Crippen LogP contribution >= 0.6 is 0 Å². The summed E-state index contributed by atoms with van der Waals surface area (Å²) in [5.74, 6) is -1.94. The predicted molar refractivity (Wildman–Crippen MR) is 80.9 cm³/mol. The van der Waals surface area contributed by atoms with Crippen LogP contribution in [-0.4, -0.2) is 23.6 Å². The Morgan fingerprint density at radius 3 is 2.32 bits per heavy atom. The summed E-state index contributed by atoms with van der Waals surface area (Å²) >= 11 is 0. The van der Waals surface area contributed by atoms with Gasteiger partial charge >= 0.3 is 5.97 Å². The van der Waals surface area contributed by atoms with Crippen molar-refractivity contribution in [3.8, 4) is 0 Å². The molecule has 3 rings (SSSR count). The standard InChI is InChI=1S/C18H16O4/c1-10(2)18(21)22-16-9-15(19)13-7-11-5-3-4-6-12(11)8-14(13)17(16)20/h3-8,13-14,16H,1,9H2,2H3. The maximum atomic E-state index is 12.6. The first kappa shape index (κ1) is 14.4. The second-order valence-corrected chi connectivity index (χ2v) is 5.76. The van der Waals surface area contributed by atoms with Gasteiger partial charge in [0.1, 0.15) is 5.78 Å². The molecule has 3 unspecified atom stereocenters. The van der Waals surface area contributed by atoms with Crippen molar-refractivity contribution in [2.24, 2.45) is 11.8 Å². The van der Waals surface area contributed by atoms with Crippen molar-refractivity contribution in [2.45, 2.75) is 19.4 Å². The van der Waals surface area contributed by atoms with Crippen molar-refractivity contribution in [1.29, 1.82) is 0 Å². The number of rotatable bonds is 2. The van der Waals surface area contributed by atoms with E-state index in [9.17, 15) is 14.4 Å². The summed E-state index contributed by atoms with van der Waals surface area (Å²) < 4.78 is 5.13. The van der Waals surface area contributed by atoms with Crippen molar-refractivity contribution >= 4 is 29.7 Å². The van der Waals surface area contributed by atoms with E-state index in [0.717, 1.165) is 10.4 Å². The highest BCUT2D eigenvalue weighted by Gasteiger charge is 2.43. The van der Waals surface area contributed by atoms with E-state index in [1.807, 2.05) is 30.3 Å². The smallest absolute Gasteiger partial charge is 0.333 e. The Morgan fingerprint density at radius 2 is 1.73 bits per heavy atom. The lowest BCUT2D eigenvalue weighted by Gasteiger charge is -2.31. The number of carbonyl (C=O) groups is 3. The van der Waals surface area contributed by atoms with Gasteiger partial charge in [-0.15, -0.1) is 0 Å². The molecule has 0 radical (unpaired) electrons. The van der Waals surface area contributed by atoms with Crippen LogP contribution in [0.15, 0.2) is 36.4 Å². The predicted octanol–water partition coefficient (Wildman–Crippen LogP) is 0.523. The average molecular weight is 296 g/mol. The third kappa shape index (κ3) is 2.41. The van der Waals surface area contributed by atoms with Crippen LogP contribution in [0.3, 0.4) is 0 Å². The number of ether oxygens (including phenoxy) is 1. The number of hydrogen-bond donors (Lipinski definition) is 0. The molecule has 0 spiro atoms. The molecule has 2 aliphatic rings. The molecule has 1 aromatic carbocycles. The normalized spacial score (nSPS) is 26.1. The number of carbonyl (C=O) groups excluding carboxylic acids is 3. The summed E-state index contributed by atoms with van der Waals surface area (Å²) in [6, 6.07) is 7.61. The van der Waals surface area contributed by atoms with Crippen LogP contribution in [0.5, 0.6) is 0 Å². The molecule has 3 atom stereocenters. The first-order valence-electron chi connectivity index (χ1n) is 7.19. The average Bonchev–Trinajstić information content (AvgIpc) is 2.50. The Kier molecular flexibility index (Phi) is 3.53. The maximum absolute atomic E-state index is 12.6. The monoisotopic (exact) mass is 296 g/mol. The number of ketones is 2. The van der Waals surface area contributed by atoms with Crippen LogP contribution in [0, 0.1) is 11.8 Å². The van der Waals surface area contributed by atoms with Gasteiger partial charge in [-0.05, 0) is 17.4 Å². The molecule has 0 bridgehead atoms. The summed E-state index contributed by atoms with van der Waals surface area (Å²) in [6.07, 6.45) is 2.58. The van der Waals surface area contributed by atoms with Gasteiger partial charge in [-0.2, -0.15) is 0 Å². The van der Waals surface area contributed by atoms with E-state index < -0.39 is 23.9 Å². The molecule has 1 saturated carbocycles. The Balaban J connectivity index is 1.95. The van der Waals surface area contributed by atoms with Gasteiger partial charge in [-0.1, -0.05) is 43.0 Å². The van der Waals surface area contributed by atoms with E-state index in [4.69, 9.17) is 4.74 Å². The second-order valence-electron chi connectivity index (χ2n) is 5.76. The molecule has 0 heterocycles. The van der Waals surface area contributed by atoms with E-state index in [-0.39, 0.29) is 23.6 Å². The lowest BCUT2D eigenvalue weighted by Crippen LogP contribution is -2.48. The van der Waals surface area contributed by atoms with Crippen LogP contribution in [-0.2, 0) is 19.1 Å². The molecule has 22 heavy (non-hydrogen) atoms. The first-order chi connectivity index (χ1) is 10.5. The fraction of sp³-hybridized carbons (Fsp3) is 0.278. The number of hydrogen-bond acceptors (Lipinski definition) is 4. The molecule has 4 heteroatoms. The van der Waals surface area contributed by atoms with Crippen LogP contribution in [0.25, 0.3) is 12.2 Å². The topological polar surface area (TPSA) is 60.4 Å². The minimum absolute atomic E-state index is 0.0640. The summed E-state index contributed by atoms with van der Waals surface area (Å²) in [6.45, 7) is 5.00. The fourth-order valence-electron chi connectivity index (χ4n) is 2.92. The third-order valence-electron chi connectivity index (χ3n) is 4.10. The molecular formula is C18H16O4. The molecule has 4 nitrogen and oxygen atoms in total.